The molecule has 1 aromatic carbocycles. The minimum absolute atomic E-state index is 0.0400. The number of nitrogens with zero attached hydrogens (tertiary/aromatic N) is 1. The Labute approximate surface area is 142 Å². The van der Waals surface area contributed by atoms with E-state index in [1.165, 1.54) is 19.1 Å². The topological polar surface area (TPSA) is 49.4 Å². The molecule has 1 N–H and O–H groups in total. The smallest absolute Gasteiger partial charge is 0.242 e. The molecule has 4 nitrogen and oxygen atoms in total. The molecular weight excluding hydrogens is 307 g/mol. The molecule has 1 saturated carbocycles. The van der Waals surface area contributed by atoms with E-state index in [0.717, 1.165) is 44.1 Å². The number of carbonyl (C=O) groups excluding carboxylic acids is 2. The summed E-state index contributed by atoms with van der Waals surface area (Å²) in [5.41, 5.74) is 0.986. The van der Waals surface area contributed by atoms with Gasteiger partial charge in [-0.2, -0.15) is 0 Å². The van der Waals surface area contributed by atoms with Crippen LogP contribution in [0.25, 0.3) is 0 Å². The second kappa shape index (κ2) is 6.91. The second-order valence-electron chi connectivity index (χ2n) is 7.08. The van der Waals surface area contributed by atoms with E-state index in [9.17, 15) is 14.0 Å². The molecule has 1 aliphatic heterocycles. The molecule has 1 aromatic rings. The molecule has 0 bridgehead atoms. The van der Waals surface area contributed by atoms with E-state index in [4.69, 9.17) is 0 Å². The Bertz CT molecular complexity index is 608. The molecule has 130 valence electrons. The summed E-state index contributed by atoms with van der Waals surface area (Å²) >= 11 is 0. The molecule has 0 aromatic heterocycles. The fraction of sp³-hybridized carbons (Fsp3) is 0.579. The van der Waals surface area contributed by atoms with Crippen LogP contribution in [-0.2, 0) is 15.0 Å². The summed E-state index contributed by atoms with van der Waals surface area (Å²) in [6, 6.07) is 6.32. The van der Waals surface area contributed by atoms with Crippen molar-refractivity contribution < 1.29 is 14.0 Å². The lowest BCUT2D eigenvalue weighted by Crippen LogP contribution is -2.48. The summed E-state index contributed by atoms with van der Waals surface area (Å²) in [4.78, 5) is 25.9. The van der Waals surface area contributed by atoms with Gasteiger partial charge < -0.3 is 10.2 Å². The third-order valence-electron chi connectivity index (χ3n) is 5.58. The van der Waals surface area contributed by atoms with Gasteiger partial charge in [-0.1, -0.05) is 25.0 Å². The summed E-state index contributed by atoms with van der Waals surface area (Å²) in [7, 11) is 0. The average molecular weight is 332 g/mol. The van der Waals surface area contributed by atoms with Crippen molar-refractivity contribution in [3.63, 3.8) is 0 Å². The highest BCUT2D eigenvalue weighted by Crippen LogP contribution is 2.40. The molecule has 3 rings (SSSR count). The lowest BCUT2D eigenvalue weighted by Gasteiger charge is -2.31. The Morgan fingerprint density at radius 3 is 2.50 bits per heavy atom. The third-order valence-corrected chi connectivity index (χ3v) is 5.58. The highest BCUT2D eigenvalue weighted by Gasteiger charge is 2.38. The molecule has 1 aliphatic carbocycles. The van der Waals surface area contributed by atoms with Crippen molar-refractivity contribution in [3.8, 4) is 0 Å². The Balaban J connectivity index is 1.69. The maximum absolute atomic E-state index is 13.2. The number of rotatable bonds is 4. The van der Waals surface area contributed by atoms with E-state index < -0.39 is 0 Å². The van der Waals surface area contributed by atoms with Crippen molar-refractivity contribution in [1.82, 2.24) is 10.2 Å². The van der Waals surface area contributed by atoms with Crippen molar-refractivity contribution >= 4 is 11.8 Å². The van der Waals surface area contributed by atoms with Crippen molar-refractivity contribution in [2.45, 2.75) is 56.9 Å². The van der Waals surface area contributed by atoms with Gasteiger partial charge >= 0.3 is 0 Å². The van der Waals surface area contributed by atoms with Crippen LogP contribution in [0.2, 0.25) is 0 Å². The van der Waals surface area contributed by atoms with Gasteiger partial charge in [-0.25, -0.2) is 4.39 Å². The molecule has 2 fully saturated rings. The second-order valence-corrected chi connectivity index (χ2v) is 7.08. The molecule has 1 atom stereocenters. The third kappa shape index (κ3) is 3.30. The van der Waals surface area contributed by atoms with E-state index in [1.807, 2.05) is 12.1 Å². The van der Waals surface area contributed by atoms with Crippen LogP contribution in [0.5, 0.6) is 0 Å². The normalized spacial score (nSPS) is 22.6. The first kappa shape index (κ1) is 16.9. The van der Waals surface area contributed by atoms with Gasteiger partial charge in [-0.05, 0) is 43.4 Å². The SMILES string of the molecule is CC(=O)N1CCC[C@H]1C(=O)NCC1(c2ccc(F)cc2)CCCC1. The Hall–Kier alpha value is -1.91. The Kier molecular flexibility index (Phi) is 4.88. The fourth-order valence-electron chi connectivity index (χ4n) is 4.21. The molecule has 2 aliphatic rings. The van der Waals surface area contributed by atoms with E-state index in [2.05, 4.69) is 5.32 Å². The molecule has 1 saturated heterocycles. The number of nitrogens with one attached hydrogen (secondary N) is 1. The maximum Gasteiger partial charge on any atom is 0.242 e. The summed E-state index contributed by atoms with van der Waals surface area (Å²) in [6.45, 7) is 2.73. The van der Waals surface area contributed by atoms with Gasteiger partial charge in [-0.3, -0.25) is 9.59 Å². The Morgan fingerprint density at radius 1 is 1.21 bits per heavy atom. The molecule has 24 heavy (non-hydrogen) atoms. The van der Waals surface area contributed by atoms with Crippen LogP contribution < -0.4 is 5.32 Å². The van der Waals surface area contributed by atoms with Crippen molar-refractivity contribution in [2.75, 3.05) is 13.1 Å². The van der Waals surface area contributed by atoms with Gasteiger partial charge in [0.2, 0.25) is 11.8 Å². The first-order chi connectivity index (χ1) is 11.5. The van der Waals surface area contributed by atoms with Gasteiger partial charge in [0.15, 0.2) is 0 Å². The first-order valence-electron chi connectivity index (χ1n) is 8.83. The van der Waals surface area contributed by atoms with Crippen LogP contribution in [-0.4, -0.2) is 35.8 Å². The molecule has 0 radical (unpaired) electrons. The largest absolute Gasteiger partial charge is 0.353 e. The highest BCUT2D eigenvalue weighted by atomic mass is 19.1. The van der Waals surface area contributed by atoms with Crippen LogP contribution >= 0.6 is 0 Å². The summed E-state index contributed by atoms with van der Waals surface area (Å²) in [5, 5.41) is 3.08. The predicted molar refractivity (Wildman–Crippen MR) is 90.0 cm³/mol. The van der Waals surface area contributed by atoms with Crippen molar-refractivity contribution in [2.24, 2.45) is 0 Å². The number of carbonyl (C=O) groups is 2. The number of amides is 2. The first-order valence-corrected chi connectivity index (χ1v) is 8.83. The van der Waals surface area contributed by atoms with Crippen LogP contribution in [0.15, 0.2) is 24.3 Å². The van der Waals surface area contributed by atoms with E-state index in [1.54, 1.807) is 4.90 Å². The lowest BCUT2D eigenvalue weighted by molar-refractivity contribution is -0.137. The zero-order valence-corrected chi connectivity index (χ0v) is 14.2. The monoisotopic (exact) mass is 332 g/mol. The lowest BCUT2D eigenvalue weighted by atomic mass is 9.78. The van der Waals surface area contributed by atoms with Gasteiger partial charge in [-0.15, -0.1) is 0 Å². The molecule has 0 unspecified atom stereocenters. The summed E-state index contributed by atoms with van der Waals surface area (Å²) < 4.78 is 13.2. The zero-order chi connectivity index (χ0) is 17.2. The molecule has 2 amide bonds. The van der Waals surface area contributed by atoms with Crippen LogP contribution in [0.3, 0.4) is 0 Å². The minimum atomic E-state index is -0.339. The fourth-order valence-corrected chi connectivity index (χ4v) is 4.21. The van der Waals surface area contributed by atoms with Gasteiger partial charge in [0, 0.05) is 25.4 Å². The highest BCUT2D eigenvalue weighted by molar-refractivity contribution is 5.87. The zero-order valence-electron chi connectivity index (χ0n) is 14.2. The van der Waals surface area contributed by atoms with Crippen molar-refractivity contribution in [1.29, 1.82) is 0 Å². The molecule has 0 spiro atoms. The van der Waals surface area contributed by atoms with Gasteiger partial charge in [0.25, 0.3) is 0 Å². The van der Waals surface area contributed by atoms with E-state index >= 15 is 0 Å². The standard InChI is InChI=1S/C19H25FN2O2/c1-14(23)22-12-4-5-17(22)18(24)21-13-19(10-2-3-11-19)15-6-8-16(20)9-7-15/h6-9,17H,2-5,10-13H2,1H3,(H,21,24)/t17-/m0/s1. The van der Waals surface area contributed by atoms with Gasteiger partial charge in [0.05, 0.1) is 0 Å². The molecule has 1 heterocycles. The van der Waals surface area contributed by atoms with Crippen LogP contribution in [0.4, 0.5) is 4.39 Å². The number of likely N-dealkylation sites (tertiary alicyclic amines) is 1. The quantitative estimate of drug-likeness (QED) is 0.922. The van der Waals surface area contributed by atoms with Gasteiger partial charge in [0.1, 0.15) is 11.9 Å². The maximum atomic E-state index is 13.2. The number of hydrogen-bond acceptors (Lipinski definition) is 2. The van der Waals surface area contributed by atoms with Crippen molar-refractivity contribution in [3.05, 3.63) is 35.6 Å². The van der Waals surface area contributed by atoms with E-state index in [0.29, 0.717) is 13.1 Å². The molecular formula is C19H25FN2O2. The van der Waals surface area contributed by atoms with E-state index in [-0.39, 0.29) is 29.1 Å². The summed E-state index contributed by atoms with van der Waals surface area (Å²) in [5.74, 6) is -0.336. The number of hydrogen-bond donors (Lipinski definition) is 1. The minimum Gasteiger partial charge on any atom is -0.353 e. The number of benzene rings is 1. The summed E-state index contributed by atoms with van der Waals surface area (Å²) in [6.07, 6.45) is 5.85. The predicted octanol–water partition coefficient (Wildman–Crippen LogP) is 2.76. The number of halogens is 1. The Morgan fingerprint density at radius 2 is 1.88 bits per heavy atom. The van der Waals surface area contributed by atoms with Crippen LogP contribution in [0, 0.1) is 5.82 Å². The molecule has 5 heteroatoms. The van der Waals surface area contributed by atoms with Crippen LogP contribution in [0.1, 0.15) is 51.0 Å². The average Bonchev–Trinajstić information content (AvgIpc) is 3.23.